The van der Waals surface area contributed by atoms with Crippen LogP contribution in [0.2, 0.25) is 0 Å². The SMILES string of the molecule is NC(N)=NCCNC(=O)c1cc2ccccc2cn1. The van der Waals surface area contributed by atoms with E-state index in [2.05, 4.69) is 15.3 Å². The summed E-state index contributed by atoms with van der Waals surface area (Å²) in [4.78, 5) is 19.7. The smallest absolute Gasteiger partial charge is 0.269 e. The lowest BCUT2D eigenvalue weighted by atomic mass is 10.1. The summed E-state index contributed by atoms with van der Waals surface area (Å²) in [6, 6.07) is 9.49. The Kier molecular flexibility index (Phi) is 3.92. The number of rotatable bonds is 4. The molecule has 1 heterocycles. The minimum atomic E-state index is -0.239. The number of nitrogens with one attached hydrogen (secondary N) is 1. The number of hydrogen-bond acceptors (Lipinski definition) is 3. The zero-order chi connectivity index (χ0) is 13.7. The number of benzene rings is 1. The van der Waals surface area contributed by atoms with E-state index in [1.54, 1.807) is 12.3 Å². The van der Waals surface area contributed by atoms with Crippen LogP contribution in [0.15, 0.2) is 41.5 Å². The molecule has 98 valence electrons. The molecule has 0 spiro atoms. The van der Waals surface area contributed by atoms with Gasteiger partial charge in [-0.3, -0.25) is 14.8 Å². The number of aromatic nitrogens is 1. The van der Waals surface area contributed by atoms with E-state index in [4.69, 9.17) is 11.5 Å². The molecular weight excluding hydrogens is 242 g/mol. The average Bonchev–Trinajstić information content (AvgIpc) is 2.42. The van der Waals surface area contributed by atoms with Crippen molar-refractivity contribution >= 4 is 22.6 Å². The number of pyridine rings is 1. The summed E-state index contributed by atoms with van der Waals surface area (Å²) < 4.78 is 0. The van der Waals surface area contributed by atoms with Crippen LogP contribution >= 0.6 is 0 Å². The molecule has 0 aliphatic heterocycles. The lowest BCUT2D eigenvalue weighted by Crippen LogP contribution is -2.29. The van der Waals surface area contributed by atoms with Crippen molar-refractivity contribution in [2.24, 2.45) is 16.5 Å². The highest BCUT2D eigenvalue weighted by Crippen LogP contribution is 2.13. The van der Waals surface area contributed by atoms with Crippen LogP contribution < -0.4 is 16.8 Å². The molecule has 0 atom stereocenters. The standard InChI is InChI=1S/C13H15N5O/c14-13(15)17-6-5-16-12(19)11-7-9-3-1-2-4-10(9)8-18-11/h1-4,7-8H,5-6H2,(H,16,19)(H4,14,15,17). The Balaban J connectivity index is 2.03. The lowest BCUT2D eigenvalue weighted by Gasteiger charge is -2.04. The first-order valence-electron chi connectivity index (χ1n) is 5.85. The second-order valence-electron chi connectivity index (χ2n) is 3.98. The van der Waals surface area contributed by atoms with Gasteiger partial charge in [0.15, 0.2) is 5.96 Å². The zero-order valence-electron chi connectivity index (χ0n) is 10.3. The Morgan fingerprint density at radius 1 is 1.26 bits per heavy atom. The highest BCUT2D eigenvalue weighted by atomic mass is 16.1. The van der Waals surface area contributed by atoms with E-state index in [0.717, 1.165) is 10.8 Å². The van der Waals surface area contributed by atoms with E-state index in [0.29, 0.717) is 18.8 Å². The van der Waals surface area contributed by atoms with Crippen LogP contribution in [0.4, 0.5) is 0 Å². The molecule has 0 aliphatic rings. The monoisotopic (exact) mass is 257 g/mol. The van der Waals surface area contributed by atoms with Gasteiger partial charge in [-0.15, -0.1) is 0 Å². The van der Waals surface area contributed by atoms with Gasteiger partial charge in [0.2, 0.25) is 0 Å². The van der Waals surface area contributed by atoms with Crippen molar-refractivity contribution in [1.82, 2.24) is 10.3 Å². The fourth-order valence-electron chi connectivity index (χ4n) is 1.65. The molecule has 6 nitrogen and oxygen atoms in total. The summed E-state index contributed by atoms with van der Waals surface area (Å²) in [5.41, 5.74) is 10.7. The third-order valence-corrected chi connectivity index (χ3v) is 2.56. The maximum Gasteiger partial charge on any atom is 0.269 e. The zero-order valence-corrected chi connectivity index (χ0v) is 10.3. The summed E-state index contributed by atoms with van der Waals surface area (Å²) in [7, 11) is 0. The molecule has 19 heavy (non-hydrogen) atoms. The molecule has 5 N–H and O–H groups in total. The van der Waals surface area contributed by atoms with Gasteiger partial charge < -0.3 is 16.8 Å². The maximum atomic E-state index is 11.8. The molecule has 2 aromatic rings. The van der Waals surface area contributed by atoms with Gasteiger partial charge in [0.05, 0.1) is 6.54 Å². The van der Waals surface area contributed by atoms with Gasteiger partial charge in [0, 0.05) is 18.1 Å². The maximum absolute atomic E-state index is 11.8. The highest BCUT2D eigenvalue weighted by Gasteiger charge is 2.06. The average molecular weight is 257 g/mol. The van der Waals surface area contributed by atoms with Crippen molar-refractivity contribution < 1.29 is 4.79 Å². The summed E-state index contributed by atoms with van der Waals surface area (Å²) in [6.07, 6.45) is 1.68. The molecule has 0 unspecified atom stereocenters. The summed E-state index contributed by atoms with van der Waals surface area (Å²) in [5.74, 6) is -0.227. The van der Waals surface area contributed by atoms with Crippen LogP contribution in [0.1, 0.15) is 10.5 Å². The minimum absolute atomic E-state index is 0.0121. The number of carbonyl (C=O) groups is 1. The van der Waals surface area contributed by atoms with Crippen molar-refractivity contribution in [3.05, 3.63) is 42.2 Å². The number of amides is 1. The van der Waals surface area contributed by atoms with E-state index < -0.39 is 0 Å². The molecule has 0 radical (unpaired) electrons. The number of nitrogens with two attached hydrogens (primary N) is 2. The fraction of sp³-hybridized carbons (Fsp3) is 0.154. The Morgan fingerprint density at radius 3 is 2.74 bits per heavy atom. The van der Waals surface area contributed by atoms with Crippen LogP contribution in [0, 0.1) is 0 Å². The van der Waals surface area contributed by atoms with E-state index in [-0.39, 0.29) is 11.9 Å². The molecule has 0 saturated carbocycles. The highest BCUT2D eigenvalue weighted by molar-refractivity contribution is 5.96. The molecule has 1 aromatic heterocycles. The topological polar surface area (TPSA) is 106 Å². The van der Waals surface area contributed by atoms with E-state index in [1.807, 2.05) is 24.3 Å². The van der Waals surface area contributed by atoms with E-state index >= 15 is 0 Å². The van der Waals surface area contributed by atoms with Crippen molar-refractivity contribution in [2.45, 2.75) is 0 Å². The molecule has 1 amide bonds. The van der Waals surface area contributed by atoms with Crippen molar-refractivity contribution in [3.8, 4) is 0 Å². The Labute approximate surface area is 110 Å². The Hall–Kier alpha value is -2.63. The van der Waals surface area contributed by atoms with Crippen molar-refractivity contribution in [3.63, 3.8) is 0 Å². The summed E-state index contributed by atoms with van der Waals surface area (Å²) >= 11 is 0. The van der Waals surface area contributed by atoms with E-state index in [1.165, 1.54) is 0 Å². The first-order valence-corrected chi connectivity index (χ1v) is 5.85. The number of nitrogens with zero attached hydrogens (tertiary/aromatic N) is 2. The number of guanidine groups is 1. The number of fused-ring (bicyclic) bond motifs is 1. The van der Waals surface area contributed by atoms with Gasteiger partial charge in [-0.05, 0) is 11.5 Å². The predicted octanol–water partition coefficient (Wildman–Crippen LogP) is 0.238. The van der Waals surface area contributed by atoms with Gasteiger partial charge >= 0.3 is 0 Å². The molecular formula is C13H15N5O. The summed E-state index contributed by atoms with van der Waals surface area (Å²) in [6.45, 7) is 0.715. The van der Waals surface area contributed by atoms with Crippen LogP contribution in [0.3, 0.4) is 0 Å². The Morgan fingerprint density at radius 2 is 2.00 bits per heavy atom. The third kappa shape index (κ3) is 3.41. The Bertz CT molecular complexity index is 619. The van der Waals surface area contributed by atoms with Crippen LogP contribution in [0.5, 0.6) is 0 Å². The first kappa shape index (κ1) is 12.8. The largest absolute Gasteiger partial charge is 0.370 e. The summed E-state index contributed by atoms with van der Waals surface area (Å²) in [5, 5.41) is 4.68. The van der Waals surface area contributed by atoms with Crippen LogP contribution in [-0.4, -0.2) is 29.9 Å². The number of carbonyl (C=O) groups excluding carboxylic acids is 1. The molecule has 6 heteroatoms. The van der Waals surface area contributed by atoms with Crippen LogP contribution in [0.25, 0.3) is 10.8 Å². The van der Waals surface area contributed by atoms with Crippen molar-refractivity contribution in [1.29, 1.82) is 0 Å². The second kappa shape index (κ2) is 5.81. The molecule has 0 bridgehead atoms. The second-order valence-corrected chi connectivity index (χ2v) is 3.98. The fourth-order valence-corrected chi connectivity index (χ4v) is 1.65. The molecule has 1 aromatic carbocycles. The molecule has 0 saturated heterocycles. The van der Waals surface area contributed by atoms with E-state index in [9.17, 15) is 4.79 Å². The molecule has 0 fully saturated rings. The van der Waals surface area contributed by atoms with Gasteiger partial charge in [-0.1, -0.05) is 24.3 Å². The quantitative estimate of drug-likeness (QED) is 0.414. The number of aliphatic imine (C=N–C) groups is 1. The van der Waals surface area contributed by atoms with Gasteiger partial charge in [-0.25, -0.2) is 0 Å². The third-order valence-electron chi connectivity index (χ3n) is 2.56. The number of hydrogen-bond donors (Lipinski definition) is 3. The molecule has 0 aliphatic carbocycles. The normalized spacial score (nSPS) is 10.1. The molecule has 2 rings (SSSR count). The lowest BCUT2D eigenvalue weighted by molar-refractivity contribution is 0.0950. The van der Waals surface area contributed by atoms with Crippen molar-refractivity contribution in [2.75, 3.05) is 13.1 Å². The van der Waals surface area contributed by atoms with Gasteiger partial charge in [-0.2, -0.15) is 0 Å². The van der Waals surface area contributed by atoms with Gasteiger partial charge in [0.25, 0.3) is 5.91 Å². The predicted molar refractivity (Wildman–Crippen MR) is 74.8 cm³/mol. The first-order chi connectivity index (χ1) is 9.16. The minimum Gasteiger partial charge on any atom is -0.370 e. The van der Waals surface area contributed by atoms with Crippen LogP contribution in [-0.2, 0) is 0 Å². The van der Waals surface area contributed by atoms with Gasteiger partial charge in [0.1, 0.15) is 5.69 Å².